The van der Waals surface area contributed by atoms with Crippen molar-refractivity contribution in [2.75, 3.05) is 5.33 Å². The molecule has 0 aliphatic rings. The van der Waals surface area contributed by atoms with Crippen molar-refractivity contribution in [1.82, 2.24) is 0 Å². The van der Waals surface area contributed by atoms with Gasteiger partial charge < -0.3 is 0 Å². The molecule has 0 saturated heterocycles. The number of carbonyl (C=O) groups excluding carboxylic acids is 1. The van der Waals surface area contributed by atoms with E-state index < -0.39 is 5.38 Å². The molecule has 0 heterocycles. The molecule has 0 aromatic heterocycles. The summed E-state index contributed by atoms with van der Waals surface area (Å²) in [5, 5.41) is 0.817. The van der Waals surface area contributed by atoms with Gasteiger partial charge in [0.05, 0.1) is 10.0 Å². The molecule has 5 heteroatoms. The Kier molecular flexibility index (Phi) is 5.41. The fourth-order valence-corrected chi connectivity index (χ4v) is 2.02. The van der Waals surface area contributed by atoms with Crippen LogP contribution in [0.1, 0.15) is 17.4 Å². The zero-order valence-corrected chi connectivity index (χ0v) is 11.5. The summed E-state index contributed by atoms with van der Waals surface area (Å²) in [6, 6.07) is 4.96. The van der Waals surface area contributed by atoms with Gasteiger partial charge in [0.1, 0.15) is 5.38 Å². The Morgan fingerprint density at radius 1 is 1.33 bits per heavy atom. The van der Waals surface area contributed by atoms with E-state index in [9.17, 15) is 4.79 Å². The third-order valence-corrected chi connectivity index (χ3v) is 3.49. The van der Waals surface area contributed by atoms with Gasteiger partial charge in [-0.25, -0.2) is 0 Å². The van der Waals surface area contributed by atoms with E-state index in [-0.39, 0.29) is 5.78 Å². The van der Waals surface area contributed by atoms with Gasteiger partial charge in [0, 0.05) is 11.8 Å². The molecule has 0 N–H and O–H groups in total. The van der Waals surface area contributed by atoms with Crippen LogP contribution in [0, 0.1) is 0 Å². The fourth-order valence-electron chi connectivity index (χ4n) is 1.08. The predicted octanol–water partition coefficient (Wildman–Crippen LogP) is 4.63. The van der Waals surface area contributed by atoms with E-state index in [4.69, 9.17) is 34.8 Å². The lowest BCUT2D eigenvalue weighted by Crippen LogP contribution is -2.07. The number of hydrogen-bond donors (Lipinski definition) is 0. The second-order valence-electron chi connectivity index (χ2n) is 2.94. The number of halogens is 4. The molecule has 0 saturated carbocycles. The van der Waals surface area contributed by atoms with Crippen molar-refractivity contribution >= 4 is 56.5 Å². The molecule has 0 radical (unpaired) electrons. The third-order valence-electron chi connectivity index (χ3n) is 1.86. The Hall–Kier alpha value is 0.240. The monoisotopic (exact) mass is 328 g/mol. The highest BCUT2D eigenvalue weighted by atomic mass is 79.9. The van der Waals surface area contributed by atoms with E-state index in [1.165, 1.54) is 0 Å². The van der Waals surface area contributed by atoms with E-state index in [1.54, 1.807) is 18.2 Å². The number of alkyl halides is 2. The average Bonchev–Trinajstić information content (AvgIpc) is 2.21. The van der Waals surface area contributed by atoms with Crippen LogP contribution < -0.4 is 0 Å². The fraction of sp³-hybridized carbons (Fsp3) is 0.300. The first-order chi connectivity index (χ1) is 7.06. The number of Topliss-reactive ketones (excluding diaryl/α,β-unsaturated/α-hetero) is 1. The van der Waals surface area contributed by atoms with Crippen LogP contribution in [-0.4, -0.2) is 11.1 Å². The van der Waals surface area contributed by atoms with E-state index >= 15 is 0 Å². The lowest BCUT2D eigenvalue weighted by atomic mass is 10.1. The molecular formula is C10H8BrCl3O. The first-order valence-electron chi connectivity index (χ1n) is 4.24. The zero-order chi connectivity index (χ0) is 11.4. The van der Waals surface area contributed by atoms with Crippen molar-refractivity contribution in [1.29, 1.82) is 0 Å². The highest BCUT2D eigenvalue weighted by molar-refractivity contribution is 9.09. The summed E-state index contributed by atoms with van der Waals surface area (Å²) in [5.74, 6) is -0.0352. The van der Waals surface area contributed by atoms with Crippen LogP contribution in [0.25, 0.3) is 0 Å². The minimum absolute atomic E-state index is 0.0352. The van der Waals surface area contributed by atoms with Gasteiger partial charge in [0.2, 0.25) is 0 Å². The molecule has 1 unspecified atom stereocenters. The molecule has 1 aromatic carbocycles. The first-order valence-corrected chi connectivity index (χ1v) is 6.55. The lowest BCUT2D eigenvalue weighted by molar-refractivity contribution is -0.118. The maximum Gasteiger partial charge on any atom is 0.155 e. The second-order valence-corrected chi connectivity index (χ2v) is 4.99. The van der Waals surface area contributed by atoms with E-state index in [0.29, 0.717) is 27.4 Å². The molecule has 15 heavy (non-hydrogen) atoms. The first kappa shape index (κ1) is 13.3. The highest BCUT2D eigenvalue weighted by Crippen LogP contribution is 2.29. The minimum atomic E-state index is -0.655. The molecule has 1 nitrogen and oxygen atoms in total. The molecule has 0 spiro atoms. The van der Waals surface area contributed by atoms with Crippen molar-refractivity contribution in [3.8, 4) is 0 Å². The van der Waals surface area contributed by atoms with Crippen LogP contribution >= 0.6 is 50.7 Å². The maximum atomic E-state index is 11.5. The van der Waals surface area contributed by atoms with Crippen LogP contribution in [-0.2, 0) is 4.79 Å². The van der Waals surface area contributed by atoms with Crippen molar-refractivity contribution in [2.45, 2.75) is 11.8 Å². The smallest absolute Gasteiger partial charge is 0.155 e. The normalized spacial score (nSPS) is 12.5. The Morgan fingerprint density at radius 2 is 2.00 bits per heavy atom. The van der Waals surface area contributed by atoms with Crippen LogP contribution in [0.3, 0.4) is 0 Å². The summed E-state index contributed by atoms with van der Waals surface area (Å²) in [4.78, 5) is 11.5. The molecule has 0 amide bonds. The number of rotatable bonds is 4. The standard InChI is InChI=1S/C10H8BrCl3O/c11-4-3-9(15)10(14)6-1-2-7(12)8(13)5-6/h1-2,5,10H,3-4H2. The zero-order valence-electron chi connectivity index (χ0n) is 7.64. The summed E-state index contributed by atoms with van der Waals surface area (Å²) >= 11 is 20.8. The third kappa shape index (κ3) is 3.63. The summed E-state index contributed by atoms with van der Waals surface area (Å²) in [7, 11) is 0. The van der Waals surface area contributed by atoms with Crippen LogP contribution in [0.2, 0.25) is 10.0 Å². The van der Waals surface area contributed by atoms with Crippen molar-refractivity contribution < 1.29 is 4.79 Å². The number of benzene rings is 1. The molecule has 0 aliphatic carbocycles. The van der Waals surface area contributed by atoms with Crippen LogP contribution in [0.4, 0.5) is 0 Å². The predicted molar refractivity (Wildman–Crippen MR) is 68.5 cm³/mol. The molecular weight excluding hydrogens is 322 g/mol. The SMILES string of the molecule is O=C(CCBr)C(Cl)c1ccc(Cl)c(Cl)c1. The summed E-state index contributed by atoms with van der Waals surface area (Å²) < 4.78 is 0. The highest BCUT2D eigenvalue weighted by Gasteiger charge is 2.17. The number of carbonyl (C=O) groups is 1. The van der Waals surface area contributed by atoms with Gasteiger partial charge in [0.25, 0.3) is 0 Å². The lowest BCUT2D eigenvalue weighted by Gasteiger charge is -2.08. The van der Waals surface area contributed by atoms with Gasteiger partial charge in [-0.2, -0.15) is 0 Å². The van der Waals surface area contributed by atoms with Crippen molar-refractivity contribution in [3.05, 3.63) is 33.8 Å². The van der Waals surface area contributed by atoms with Crippen molar-refractivity contribution in [3.63, 3.8) is 0 Å². The van der Waals surface area contributed by atoms with E-state index in [2.05, 4.69) is 15.9 Å². The summed E-state index contributed by atoms with van der Waals surface area (Å²) in [6.07, 6.45) is 0.397. The topological polar surface area (TPSA) is 17.1 Å². The molecule has 1 rings (SSSR count). The quantitative estimate of drug-likeness (QED) is 0.736. The van der Waals surface area contributed by atoms with Crippen LogP contribution in [0.15, 0.2) is 18.2 Å². The molecule has 82 valence electrons. The minimum Gasteiger partial charge on any atom is -0.298 e. The molecule has 1 atom stereocenters. The Morgan fingerprint density at radius 3 is 2.53 bits per heavy atom. The van der Waals surface area contributed by atoms with Gasteiger partial charge in [0.15, 0.2) is 5.78 Å². The van der Waals surface area contributed by atoms with E-state index in [0.717, 1.165) is 0 Å². The van der Waals surface area contributed by atoms with Gasteiger partial charge in [-0.15, -0.1) is 11.6 Å². The average molecular weight is 330 g/mol. The molecule has 0 aliphatic heterocycles. The van der Waals surface area contributed by atoms with E-state index in [1.807, 2.05) is 0 Å². The Bertz CT molecular complexity index is 368. The molecule has 0 bridgehead atoms. The molecule has 1 aromatic rings. The second kappa shape index (κ2) is 6.09. The summed E-state index contributed by atoms with van der Waals surface area (Å²) in [6.45, 7) is 0. The van der Waals surface area contributed by atoms with Crippen molar-refractivity contribution in [2.24, 2.45) is 0 Å². The summed E-state index contributed by atoms with van der Waals surface area (Å²) in [5.41, 5.74) is 0.678. The van der Waals surface area contributed by atoms with Gasteiger partial charge in [-0.05, 0) is 17.7 Å². The Labute approximate surface area is 112 Å². The largest absolute Gasteiger partial charge is 0.298 e. The molecule has 0 fully saturated rings. The van der Waals surface area contributed by atoms with Crippen LogP contribution in [0.5, 0.6) is 0 Å². The Balaban J connectivity index is 2.86. The number of hydrogen-bond acceptors (Lipinski definition) is 1. The van der Waals surface area contributed by atoms with Gasteiger partial charge in [-0.3, -0.25) is 4.79 Å². The maximum absolute atomic E-state index is 11.5. The number of ketones is 1. The van der Waals surface area contributed by atoms with Gasteiger partial charge >= 0.3 is 0 Å². The van der Waals surface area contributed by atoms with Gasteiger partial charge in [-0.1, -0.05) is 45.2 Å².